The maximum absolute atomic E-state index is 13.9. The minimum absolute atomic E-state index is 0.0405. The molecular weight excluding hydrogens is 318 g/mol. The average molecular weight is 331 g/mol. The molecule has 1 N–H and O–H groups in total. The quantitative estimate of drug-likeness (QED) is 0.876. The second kappa shape index (κ2) is 5.75. The lowest BCUT2D eigenvalue weighted by Gasteiger charge is -2.10. The van der Waals surface area contributed by atoms with Crippen LogP contribution in [-0.4, -0.2) is 21.0 Å². The SMILES string of the molecule is CC(C)NCc1cnnn1-c1cc(F)c(Br)cc1F. The van der Waals surface area contributed by atoms with Gasteiger partial charge in [0.1, 0.15) is 17.3 Å². The molecule has 0 unspecified atom stereocenters. The van der Waals surface area contributed by atoms with Gasteiger partial charge in [-0.2, -0.15) is 0 Å². The molecule has 1 aromatic heterocycles. The number of halogens is 3. The first-order chi connectivity index (χ1) is 8.99. The minimum atomic E-state index is -0.565. The highest BCUT2D eigenvalue weighted by Gasteiger charge is 2.14. The lowest BCUT2D eigenvalue weighted by atomic mass is 10.3. The Morgan fingerprint density at radius 2 is 2.05 bits per heavy atom. The molecule has 0 aliphatic heterocycles. The fourth-order valence-corrected chi connectivity index (χ4v) is 1.88. The van der Waals surface area contributed by atoms with Crippen molar-refractivity contribution in [2.45, 2.75) is 26.4 Å². The second-order valence-corrected chi connectivity index (χ2v) is 5.24. The van der Waals surface area contributed by atoms with Gasteiger partial charge in [-0.05, 0) is 22.0 Å². The number of hydrogen-bond acceptors (Lipinski definition) is 3. The minimum Gasteiger partial charge on any atom is -0.309 e. The Kier molecular flexibility index (Phi) is 4.26. The number of nitrogens with zero attached hydrogens (tertiary/aromatic N) is 3. The Bertz CT molecular complexity index is 583. The molecule has 2 aromatic rings. The third kappa shape index (κ3) is 3.16. The van der Waals surface area contributed by atoms with Crippen LogP contribution in [0.5, 0.6) is 0 Å². The van der Waals surface area contributed by atoms with Crippen LogP contribution in [0, 0.1) is 11.6 Å². The monoisotopic (exact) mass is 330 g/mol. The average Bonchev–Trinajstić information content (AvgIpc) is 2.79. The third-order valence-corrected chi connectivity index (χ3v) is 3.14. The number of rotatable bonds is 4. The zero-order chi connectivity index (χ0) is 14.0. The lowest BCUT2D eigenvalue weighted by Crippen LogP contribution is -2.23. The highest BCUT2D eigenvalue weighted by atomic mass is 79.9. The number of nitrogens with one attached hydrogen (secondary N) is 1. The molecule has 0 bridgehead atoms. The molecule has 0 atom stereocenters. The van der Waals surface area contributed by atoms with E-state index in [1.54, 1.807) is 0 Å². The summed E-state index contributed by atoms with van der Waals surface area (Å²) in [5.74, 6) is -1.11. The van der Waals surface area contributed by atoms with Crippen molar-refractivity contribution in [1.29, 1.82) is 0 Å². The van der Waals surface area contributed by atoms with Crippen LogP contribution in [0.1, 0.15) is 19.5 Å². The van der Waals surface area contributed by atoms with E-state index in [2.05, 4.69) is 31.6 Å². The first kappa shape index (κ1) is 14.1. The van der Waals surface area contributed by atoms with Gasteiger partial charge in [0.05, 0.1) is 16.4 Å². The molecule has 0 amide bonds. The van der Waals surface area contributed by atoms with Crippen LogP contribution in [0.25, 0.3) is 5.69 Å². The van der Waals surface area contributed by atoms with Crippen LogP contribution >= 0.6 is 15.9 Å². The number of benzene rings is 1. The van der Waals surface area contributed by atoms with Gasteiger partial charge in [0.25, 0.3) is 0 Å². The summed E-state index contributed by atoms with van der Waals surface area (Å²) in [5, 5.41) is 10.7. The van der Waals surface area contributed by atoms with Crippen molar-refractivity contribution in [3.8, 4) is 5.69 Å². The van der Waals surface area contributed by atoms with Crippen LogP contribution in [-0.2, 0) is 6.54 Å². The summed E-state index contributed by atoms with van der Waals surface area (Å²) >= 11 is 2.94. The molecule has 0 spiro atoms. The summed E-state index contributed by atoms with van der Waals surface area (Å²) < 4.78 is 28.7. The Morgan fingerprint density at radius 1 is 1.32 bits per heavy atom. The van der Waals surface area contributed by atoms with Crippen LogP contribution in [0.4, 0.5) is 8.78 Å². The molecule has 19 heavy (non-hydrogen) atoms. The summed E-state index contributed by atoms with van der Waals surface area (Å²) in [7, 11) is 0. The van der Waals surface area contributed by atoms with Crippen LogP contribution in [0.2, 0.25) is 0 Å². The maximum atomic E-state index is 13.9. The molecule has 2 rings (SSSR count). The molecule has 0 saturated heterocycles. The van der Waals surface area contributed by atoms with Gasteiger partial charge in [0.2, 0.25) is 0 Å². The predicted octanol–water partition coefficient (Wildman–Crippen LogP) is 2.81. The molecular formula is C12H13BrF2N4. The zero-order valence-corrected chi connectivity index (χ0v) is 12.1. The van der Waals surface area contributed by atoms with Gasteiger partial charge in [0, 0.05) is 18.7 Å². The lowest BCUT2D eigenvalue weighted by molar-refractivity contribution is 0.553. The van der Waals surface area contributed by atoms with Gasteiger partial charge in [0.15, 0.2) is 0 Å². The molecule has 4 nitrogen and oxygen atoms in total. The summed E-state index contributed by atoms with van der Waals surface area (Å²) in [6.07, 6.45) is 1.52. The molecule has 0 aliphatic carbocycles. The molecule has 7 heteroatoms. The Morgan fingerprint density at radius 3 is 2.74 bits per heavy atom. The van der Waals surface area contributed by atoms with Crippen molar-refractivity contribution < 1.29 is 8.78 Å². The van der Waals surface area contributed by atoms with Crippen molar-refractivity contribution in [1.82, 2.24) is 20.3 Å². The summed E-state index contributed by atoms with van der Waals surface area (Å²) in [6, 6.07) is 2.44. The Hall–Kier alpha value is -1.34. The van der Waals surface area contributed by atoms with Gasteiger partial charge < -0.3 is 5.32 Å². The standard InChI is InChI=1S/C12H13BrF2N4/c1-7(2)16-5-8-6-17-18-19(8)12-4-10(14)9(13)3-11(12)15/h3-4,6-7,16H,5H2,1-2H3. The van der Waals surface area contributed by atoms with Crippen molar-refractivity contribution in [2.75, 3.05) is 0 Å². The fraction of sp³-hybridized carbons (Fsp3) is 0.333. The van der Waals surface area contributed by atoms with Crippen LogP contribution < -0.4 is 5.32 Å². The highest BCUT2D eigenvalue weighted by Crippen LogP contribution is 2.22. The molecule has 1 heterocycles. The molecule has 0 fully saturated rings. The maximum Gasteiger partial charge on any atom is 0.150 e. The summed E-state index contributed by atoms with van der Waals surface area (Å²) in [5.41, 5.74) is 0.702. The van der Waals surface area contributed by atoms with E-state index in [0.29, 0.717) is 12.2 Å². The van der Waals surface area contributed by atoms with Crippen molar-refractivity contribution in [3.63, 3.8) is 0 Å². The van der Waals surface area contributed by atoms with Crippen LogP contribution in [0.15, 0.2) is 22.8 Å². The largest absolute Gasteiger partial charge is 0.309 e. The van der Waals surface area contributed by atoms with Gasteiger partial charge in [-0.25, -0.2) is 13.5 Å². The van der Waals surface area contributed by atoms with E-state index in [1.807, 2.05) is 13.8 Å². The Labute approximate surface area is 117 Å². The second-order valence-electron chi connectivity index (χ2n) is 4.39. The van der Waals surface area contributed by atoms with Crippen molar-refractivity contribution in [2.24, 2.45) is 0 Å². The van der Waals surface area contributed by atoms with E-state index in [0.717, 1.165) is 12.1 Å². The highest BCUT2D eigenvalue weighted by molar-refractivity contribution is 9.10. The first-order valence-corrected chi connectivity index (χ1v) is 6.56. The topological polar surface area (TPSA) is 42.7 Å². The van der Waals surface area contributed by atoms with E-state index in [-0.39, 0.29) is 16.2 Å². The van der Waals surface area contributed by atoms with Crippen LogP contribution in [0.3, 0.4) is 0 Å². The third-order valence-electron chi connectivity index (χ3n) is 2.53. The predicted molar refractivity (Wildman–Crippen MR) is 71.0 cm³/mol. The van der Waals surface area contributed by atoms with E-state index in [9.17, 15) is 8.78 Å². The molecule has 0 saturated carbocycles. The van der Waals surface area contributed by atoms with Gasteiger partial charge in [-0.1, -0.05) is 19.1 Å². The van der Waals surface area contributed by atoms with E-state index >= 15 is 0 Å². The fourth-order valence-electron chi connectivity index (χ4n) is 1.56. The summed E-state index contributed by atoms with van der Waals surface area (Å²) in [6.45, 7) is 4.46. The Balaban J connectivity index is 2.37. The number of hydrogen-bond donors (Lipinski definition) is 1. The molecule has 0 radical (unpaired) electrons. The summed E-state index contributed by atoms with van der Waals surface area (Å²) in [4.78, 5) is 0. The van der Waals surface area contributed by atoms with Gasteiger partial charge in [-0.3, -0.25) is 0 Å². The van der Waals surface area contributed by atoms with Gasteiger partial charge in [-0.15, -0.1) is 5.10 Å². The van der Waals surface area contributed by atoms with Crippen molar-refractivity contribution in [3.05, 3.63) is 40.1 Å². The molecule has 0 aliphatic rings. The zero-order valence-electron chi connectivity index (χ0n) is 10.5. The number of aromatic nitrogens is 3. The first-order valence-electron chi connectivity index (χ1n) is 5.77. The van der Waals surface area contributed by atoms with E-state index in [4.69, 9.17) is 0 Å². The normalized spacial score (nSPS) is 11.3. The molecule has 1 aromatic carbocycles. The van der Waals surface area contributed by atoms with Crippen molar-refractivity contribution >= 4 is 15.9 Å². The van der Waals surface area contributed by atoms with Gasteiger partial charge >= 0.3 is 0 Å². The van der Waals surface area contributed by atoms with E-state index < -0.39 is 11.6 Å². The molecule has 102 valence electrons. The smallest absolute Gasteiger partial charge is 0.150 e. The van der Waals surface area contributed by atoms with E-state index in [1.165, 1.54) is 10.9 Å².